The third kappa shape index (κ3) is 8.13. The van der Waals surface area contributed by atoms with Gasteiger partial charge in [0.25, 0.3) is 0 Å². The van der Waals surface area contributed by atoms with Gasteiger partial charge >= 0.3 is 17.9 Å². The summed E-state index contributed by atoms with van der Waals surface area (Å²) in [6, 6.07) is 9.41. The molecule has 0 saturated heterocycles. The first-order valence-corrected chi connectivity index (χ1v) is 12.7. The number of hydrogen-bond donors (Lipinski definition) is 9. The molecule has 238 valence electrons. The molecule has 0 aliphatic carbocycles. The molecule has 3 aromatic carbocycles. The number of ether oxygens (including phenoxy) is 1. The van der Waals surface area contributed by atoms with E-state index in [0.29, 0.717) is 6.08 Å². The largest absolute Gasteiger partial charge is 0.504 e. The molecule has 2 unspecified atom stereocenters. The van der Waals surface area contributed by atoms with Crippen molar-refractivity contribution in [2.75, 3.05) is 0 Å². The number of rotatable bonds is 11. The summed E-state index contributed by atoms with van der Waals surface area (Å²) in [6.07, 6.45) is -1.98. The van der Waals surface area contributed by atoms with Crippen molar-refractivity contribution in [3.63, 3.8) is 0 Å². The number of carbonyl (C=O) groups excluding carboxylic acids is 4. The number of aliphatic hydroxyl groups is 2. The molecule has 0 aliphatic rings. The van der Waals surface area contributed by atoms with Gasteiger partial charge in [-0.2, -0.15) is 0 Å². The molecule has 0 heterocycles. The summed E-state index contributed by atoms with van der Waals surface area (Å²) < 4.78 is 4.47. The lowest BCUT2D eigenvalue weighted by Crippen LogP contribution is -2.41. The van der Waals surface area contributed by atoms with Crippen molar-refractivity contribution in [1.29, 1.82) is 0 Å². The van der Waals surface area contributed by atoms with Crippen molar-refractivity contribution in [3.8, 4) is 34.5 Å². The number of carbonyl (C=O) groups is 5. The summed E-state index contributed by atoms with van der Waals surface area (Å²) in [5.41, 5.74) is -2.25. The predicted octanol–water partition coefficient (Wildman–Crippen LogP) is 1.11. The number of phenolic OH excluding ortho intramolecular Hbond substituents is 6. The first kappa shape index (κ1) is 34.0. The number of aromatic hydroxyl groups is 6. The van der Waals surface area contributed by atoms with Crippen LogP contribution >= 0.6 is 0 Å². The van der Waals surface area contributed by atoms with Gasteiger partial charge in [-0.05, 0) is 65.2 Å². The maximum Gasteiger partial charge on any atom is 0.350 e. The highest BCUT2D eigenvalue weighted by Crippen LogP contribution is 2.32. The van der Waals surface area contributed by atoms with Crippen LogP contribution in [-0.4, -0.2) is 87.6 Å². The molecule has 0 radical (unpaired) electrons. The minimum atomic E-state index is -2.81. The molecule has 0 bridgehead atoms. The second-order valence-corrected chi connectivity index (χ2v) is 9.28. The van der Waals surface area contributed by atoms with Crippen molar-refractivity contribution in [1.82, 2.24) is 0 Å². The molecule has 0 spiro atoms. The molecule has 46 heavy (non-hydrogen) atoms. The van der Waals surface area contributed by atoms with Crippen LogP contribution in [0.15, 0.2) is 72.3 Å². The van der Waals surface area contributed by atoms with E-state index in [-0.39, 0.29) is 11.1 Å². The molecule has 0 fully saturated rings. The fourth-order valence-electron chi connectivity index (χ4n) is 3.68. The summed E-state index contributed by atoms with van der Waals surface area (Å²) in [7, 11) is 0. The van der Waals surface area contributed by atoms with Gasteiger partial charge in [-0.3, -0.25) is 9.59 Å². The minimum absolute atomic E-state index is 0.0923. The smallest absolute Gasteiger partial charge is 0.350 e. The van der Waals surface area contributed by atoms with E-state index in [0.717, 1.165) is 60.7 Å². The summed E-state index contributed by atoms with van der Waals surface area (Å²) in [5.74, 6) is -12.1. The first-order chi connectivity index (χ1) is 21.6. The second kappa shape index (κ2) is 14.3. The maximum atomic E-state index is 13.6. The van der Waals surface area contributed by atoms with Crippen LogP contribution in [0.1, 0.15) is 16.7 Å². The van der Waals surface area contributed by atoms with Crippen LogP contribution in [-0.2, 0) is 28.7 Å². The maximum absolute atomic E-state index is 13.6. The van der Waals surface area contributed by atoms with Gasteiger partial charge in [-0.15, -0.1) is 0 Å². The standard InChI is InChI=1S/C31H24O15/c32-17-6-1-14(11-22(17)37)3-8-20(35)25(16-5-10-19(34)24(39)13-16)26(30(44)46-31(45)28(41)27(40)29(42)43)21(36)9-4-15-2-7-18(33)23(38)12-15/h1-13,27-28,32-34,37-41H,(H,42,43)/b8-3+,9-4+,26-25-. The summed E-state index contributed by atoms with van der Waals surface area (Å²) in [4.78, 5) is 63.7. The molecule has 0 saturated carbocycles. The van der Waals surface area contributed by atoms with Gasteiger partial charge in [0, 0.05) is 5.57 Å². The number of carboxylic acids is 1. The Morgan fingerprint density at radius 1 is 0.587 bits per heavy atom. The van der Waals surface area contributed by atoms with Crippen molar-refractivity contribution in [3.05, 3.63) is 89.0 Å². The van der Waals surface area contributed by atoms with E-state index in [9.17, 15) is 64.8 Å². The van der Waals surface area contributed by atoms with E-state index in [1.807, 2.05) is 0 Å². The first-order valence-electron chi connectivity index (χ1n) is 12.7. The molecule has 2 atom stereocenters. The minimum Gasteiger partial charge on any atom is -0.504 e. The molecular formula is C31H24O15. The van der Waals surface area contributed by atoms with Gasteiger partial charge in [0.05, 0.1) is 0 Å². The number of carboxylic acid groups (broad SMARTS) is 1. The van der Waals surface area contributed by atoms with Crippen molar-refractivity contribution >= 4 is 47.2 Å². The molecular weight excluding hydrogens is 612 g/mol. The van der Waals surface area contributed by atoms with Crippen LogP contribution in [0.5, 0.6) is 34.5 Å². The predicted molar refractivity (Wildman–Crippen MR) is 155 cm³/mol. The van der Waals surface area contributed by atoms with Gasteiger partial charge < -0.3 is 50.7 Å². The number of hydrogen-bond acceptors (Lipinski definition) is 14. The van der Waals surface area contributed by atoms with Gasteiger partial charge in [-0.1, -0.05) is 30.4 Å². The molecule has 9 N–H and O–H groups in total. The highest BCUT2D eigenvalue weighted by atomic mass is 16.6. The average Bonchev–Trinajstić information content (AvgIpc) is 3.01. The Morgan fingerprint density at radius 3 is 1.50 bits per heavy atom. The van der Waals surface area contributed by atoms with Gasteiger partial charge in [0.2, 0.25) is 0 Å². The Morgan fingerprint density at radius 2 is 1.04 bits per heavy atom. The van der Waals surface area contributed by atoms with Crippen molar-refractivity contribution in [2.45, 2.75) is 12.2 Å². The summed E-state index contributed by atoms with van der Waals surface area (Å²) in [6.45, 7) is 0. The number of phenols is 6. The Labute approximate surface area is 257 Å². The quantitative estimate of drug-likeness (QED) is 0.0469. The second-order valence-electron chi connectivity index (χ2n) is 9.28. The summed E-state index contributed by atoms with van der Waals surface area (Å²) in [5, 5.41) is 86.6. The fourth-order valence-corrected chi connectivity index (χ4v) is 3.68. The molecule has 3 aromatic rings. The monoisotopic (exact) mass is 636 g/mol. The molecule has 3 rings (SSSR count). The molecule has 15 heteroatoms. The van der Waals surface area contributed by atoms with Gasteiger partial charge in [-0.25, -0.2) is 14.4 Å². The van der Waals surface area contributed by atoms with E-state index < -0.39 is 92.9 Å². The summed E-state index contributed by atoms with van der Waals surface area (Å²) >= 11 is 0. The molecule has 0 aliphatic heterocycles. The Bertz CT molecular complexity index is 1820. The Kier molecular flexibility index (Phi) is 10.6. The third-order valence-corrected chi connectivity index (χ3v) is 6.05. The van der Waals surface area contributed by atoms with Gasteiger partial charge in [0.15, 0.2) is 58.3 Å². The van der Waals surface area contributed by atoms with Gasteiger partial charge in [0.1, 0.15) is 5.57 Å². The van der Waals surface area contributed by atoms with E-state index >= 15 is 0 Å². The van der Waals surface area contributed by atoms with E-state index in [1.165, 1.54) is 12.1 Å². The lowest BCUT2D eigenvalue weighted by Gasteiger charge is -2.15. The van der Waals surface area contributed by atoms with E-state index in [4.69, 9.17) is 5.11 Å². The zero-order valence-corrected chi connectivity index (χ0v) is 23.1. The van der Waals surface area contributed by atoms with Crippen LogP contribution < -0.4 is 0 Å². The van der Waals surface area contributed by atoms with Crippen LogP contribution in [0.25, 0.3) is 17.7 Å². The number of allylic oxidation sites excluding steroid dienone is 3. The number of esters is 2. The number of aliphatic hydroxyl groups excluding tert-OH is 2. The van der Waals surface area contributed by atoms with Crippen LogP contribution in [0.2, 0.25) is 0 Å². The average molecular weight is 637 g/mol. The normalized spacial score (nSPS) is 13.2. The Balaban J connectivity index is 2.23. The van der Waals surface area contributed by atoms with E-state index in [1.54, 1.807) is 0 Å². The molecule has 0 amide bonds. The zero-order chi connectivity index (χ0) is 34.3. The van der Waals surface area contributed by atoms with Crippen LogP contribution in [0.4, 0.5) is 0 Å². The fraction of sp³-hybridized carbons (Fsp3) is 0.0645. The number of benzene rings is 3. The zero-order valence-electron chi connectivity index (χ0n) is 23.1. The lowest BCUT2D eigenvalue weighted by molar-refractivity contribution is -0.174. The SMILES string of the molecule is O=C(/C=C/c1ccc(O)c(O)c1)/C(C(=O)OC(=O)C(O)C(O)C(=O)O)=C(/C(=O)/C=C/c1ccc(O)c(O)c1)c1ccc(O)c(O)c1. The van der Waals surface area contributed by atoms with E-state index in [2.05, 4.69) is 4.74 Å². The van der Waals surface area contributed by atoms with Crippen LogP contribution in [0.3, 0.4) is 0 Å². The lowest BCUT2D eigenvalue weighted by atomic mass is 9.92. The van der Waals surface area contributed by atoms with Crippen molar-refractivity contribution in [2.24, 2.45) is 0 Å². The topological polar surface area (TPSA) is 277 Å². The van der Waals surface area contributed by atoms with Crippen LogP contribution in [0, 0.1) is 0 Å². The van der Waals surface area contributed by atoms with Crippen molar-refractivity contribution < 1.29 is 74.7 Å². The molecule has 0 aromatic heterocycles. The third-order valence-electron chi connectivity index (χ3n) is 6.05. The number of ketones is 2. The highest BCUT2D eigenvalue weighted by molar-refractivity contribution is 6.40. The number of aliphatic carboxylic acids is 1. The molecule has 15 nitrogen and oxygen atoms in total. The highest BCUT2D eigenvalue weighted by Gasteiger charge is 2.36. The Hall–Kier alpha value is -6.45.